The third-order valence-corrected chi connectivity index (χ3v) is 3.67. The quantitative estimate of drug-likeness (QED) is 0.864. The number of rotatable bonds is 5. The molecule has 1 rings (SSSR count). The van der Waals surface area contributed by atoms with Gasteiger partial charge < -0.3 is 10.5 Å². The fraction of sp³-hybridized carbons (Fsp3) is 0.538. The van der Waals surface area contributed by atoms with E-state index >= 15 is 0 Å². The summed E-state index contributed by atoms with van der Waals surface area (Å²) in [6.07, 6.45) is -3.16. The Bertz CT molecular complexity index is 430. The first-order valence-corrected chi connectivity index (χ1v) is 6.79. The van der Waals surface area contributed by atoms with Gasteiger partial charge in [-0.15, -0.1) is 0 Å². The standard InChI is InChI=1S/C13H17BrF3NO/c1-3-12(18,4-2)8-19-11-7-9(14)5-6-10(11)13(15,16)17/h5-7H,3-4,8,18H2,1-2H3. The molecule has 108 valence electrons. The molecule has 2 nitrogen and oxygen atoms in total. The van der Waals surface area contributed by atoms with Gasteiger partial charge in [0.05, 0.1) is 5.56 Å². The van der Waals surface area contributed by atoms with Gasteiger partial charge in [-0.1, -0.05) is 29.8 Å². The molecule has 0 unspecified atom stereocenters. The van der Waals surface area contributed by atoms with Crippen LogP contribution in [0.2, 0.25) is 0 Å². The SMILES string of the molecule is CCC(N)(CC)COc1cc(Br)ccc1C(F)(F)F. The molecule has 0 radical (unpaired) electrons. The minimum absolute atomic E-state index is 0.0551. The van der Waals surface area contributed by atoms with Gasteiger partial charge in [0.15, 0.2) is 0 Å². The van der Waals surface area contributed by atoms with Gasteiger partial charge in [-0.25, -0.2) is 0 Å². The van der Waals surface area contributed by atoms with E-state index in [-0.39, 0.29) is 12.4 Å². The molecule has 0 saturated heterocycles. The molecule has 1 aromatic carbocycles. The van der Waals surface area contributed by atoms with E-state index in [0.29, 0.717) is 17.3 Å². The summed E-state index contributed by atoms with van der Waals surface area (Å²) in [5.41, 5.74) is 4.63. The largest absolute Gasteiger partial charge is 0.491 e. The van der Waals surface area contributed by atoms with Crippen molar-refractivity contribution in [3.05, 3.63) is 28.2 Å². The Balaban J connectivity index is 2.97. The van der Waals surface area contributed by atoms with E-state index in [2.05, 4.69) is 15.9 Å². The third kappa shape index (κ3) is 4.38. The Labute approximate surface area is 119 Å². The summed E-state index contributed by atoms with van der Waals surface area (Å²) in [6.45, 7) is 3.83. The minimum atomic E-state index is -4.44. The number of benzene rings is 1. The van der Waals surface area contributed by atoms with Gasteiger partial charge in [0.2, 0.25) is 0 Å². The van der Waals surface area contributed by atoms with Crippen LogP contribution in [0.5, 0.6) is 5.75 Å². The van der Waals surface area contributed by atoms with E-state index in [1.807, 2.05) is 13.8 Å². The normalized spacial score (nSPS) is 12.6. The lowest BCUT2D eigenvalue weighted by molar-refractivity contribution is -0.139. The Morgan fingerprint density at radius 1 is 1.21 bits per heavy atom. The fourth-order valence-electron chi connectivity index (χ4n) is 1.53. The van der Waals surface area contributed by atoms with Crippen molar-refractivity contribution in [2.75, 3.05) is 6.61 Å². The van der Waals surface area contributed by atoms with Crippen LogP contribution >= 0.6 is 15.9 Å². The van der Waals surface area contributed by atoms with E-state index in [1.165, 1.54) is 12.1 Å². The Kier molecular flexibility index (Phi) is 5.26. The molecular weight excluding hydrogens is 323 g/mol. The Morgan fingerprint density at radius 3 is 2.26 bits per heavy atom. The first kappa shape index (κ1) is 16.3. The molecule has 0 aliphatic carbocycles. The van der Waals surface area contributed by atoms with Crippen LogP contribution in [0.25, 0.3) is 0 Å². The lowest BCUT2D eigenvalue weighted by atomic mass is 9.95. The first-order chi connectivity index (χ1) is 8.72. The number of hydrogen-bond donors (Lipinski definition) is 1. The molecule has 0 amide bonds. The van der Waals surface area contributed by atoms with Crippen molar-refractivity contribution in [2.24, 2.45) is 5.73 Å². The van der Waals surface area contributed by atoms with Crippen LogP contribution in [-0.2, 0) is 6.18 Å². The highest BCUT2D eigenvalue weighted by Crippen LogP contribution is 2.38. The molecule has 0 fully saturated rings. The second-order valence-electron chi connectivity index (χ2n) is 4.50. The Morgan fingerprint density at radius 2 is 1.79 bits per heavy atom. The predicted octanol–water partition coefficient (Wildman–Crippen LogP) is 4.36. The zero-order valence-corrected chi connectivity index (χ0v) is 12.4. The van der Waals surface area contributed by atoms with E-state index < -0.39 is 17.3 Å². The Hall–Kier alpha value is -0.750. The number of ether oxygens (including phenoxy) is 1. The zero-order valence-electron chi connectivity index (χ0n) is 10.9. The van der Waals surface area contributed by atoms with Crippen molar-refractivity contribution >= 4 is 15.9 Å². The predicted molar refractivity (Wildman–Crippen MR) is 72.1 cm³/mol. The van der Waals surface area contributed by atoms with Crippen molar-refractivity contribution in [3.63, 3.8) is 0 Å². The van der Waals surface area contributed by atoms with E-state index in [4.69, 9.17) is 10.5 Å². The molecular formula is C13H17BrF3NO. The summed E-state index contributed by atoms with van der Waals surface area (Å²) < 4.78 is 44.4. The van der Waals surface area contributed by atoms with Gasteiger partial charge in [-0.3, -0.25) is 0 Å². The van der Waals surface area contributed by atoms with Gasteiger partial charge in [0, 0.05) is 10.0 Å². The smallest absolute Gasteiger partial charge is 0.419 e. The van der Waals surface area contributed by atoms with E-state index in [1.54, 1.807) is 0 Å². The van der Waals surface area contributed by atoms with Gasteiger partial charge in [0.25, 0.3) is 0 Å². The van der Waals surface area contributed by atoms with E-state index in [0.717, 1.165) is 6.07 Å². The first-order valence-electron chi connectivity index (χ1n) is 6.00. The summed E-state index contributed by atoms with van der Waals surface area (Å²) in [6, 6.07) is 3.65. The van der Waals surface area contributed by atoms with Crippen LogP contribution in [0.15, 0.2) is 22.7 Å². The lowest BCUT2D eigenvalue weighted by Crippen LogP contribution is -2.44. The highest BCUT2D eigenvalue weighted by molar-refractivity contribution is 9.10. The molecule has 2 N–H and O–H groups in total. The van der Waals surface area contributed by atoms with Gasteiger partial charge >= 0.3 is 6.18 Å². The van der Waals surface area contributed by atoms with Crippen LogP contribution in [0.4, 0.5) is 13.2 Å². The molecule has 0 atom stereocenters. The van der Waals surface area contributed by atoms with Crippen molar-refractivity contribution in [3.8, 4) is 5.75 Å². The molecule has 6 heteroatoms. The van der Waals surface area contributed by atoms with Crippen molar-refractivity contribution in [2.45, 2.75) is 38.4 Å². The number of nitrogens with two attached hydrogens (primary N) is 1. The summed E-state index contributed by atoms with van der Waals surface area (Å²) >= 11 is 3.14. The third-order valence-electron chi connectivity index (χ3n) is 3.17. The number of halogens is 4. The maximum absolute atomic E-state index is 12.8. The summed E-state index contributed by atoms with van der Waals surface area (Å²) in [5, 5.41) is 0. The topological polar surface area (TPSA) is 35.2 Å². The van der Waals surface area contributed by atoms with Gasteiger partial charge in [0.1, 0.15) is 12.4 Å². The van der Waals surface area contributed by atoms with Gasteiger partial charge in [-0.2, -0.15) is 13.2 Å². The van der Waals surface area contributed by atoms with Crippen LogP contribution in [-0.4, -0.2) is 12.1 Å². The second-order valence-corrected chi connectivity index (χ2v) is 5.41. The lowest BCUT2D eigenvalue weighted by Gasteiger charge is -2.27. The maximum Gasteiger partial charge on any atom is 0.419 e. The number of alkyl halides is 3. The average molecular weight is 340 g/mol. The molecule has 0 spiro atoms. The molecule has 19 heavy (non-hydrogen) atoms. The summed E-state index contributed by atoms with van der Waals surface area (Å²) in [5.74, 6) is -0.196. The number of hydrogen-bond acceptors (Lipinski definition) is 2. The monoisotopic (exact) mass is 339 g/mol. The molecule has 0 bridgehead atoms. The van der Waals surface area contributed by atoms with Crippen molar-refractivity contribution in [1.82, 2.24) is 0 Å². The van der Waals surface area contributed by atoms with E-state index in [9.17, 15) is 13.2 Å². The van der Waals surface area contributed by atoms with Gasteiger partial charge in [-0.05, 0) is 31.0 Å². The molecule has 0 heterocycles. The van der Waals surface area contributed by atoms with Crippen LogP contribution < -0.4 is 10.5 Å². The molecule has 0 aliphatic rings. The zero-order chi connectivity index (χ0) is 14.7. The van der Waals surface area contributed by atoms with Crippen molar-refractivity contribution in [1.29, 1.82) is 0 Å². The summed E-state index contributed by atoms with van der Waals surface area (Å²) in [7, 11) is 0. The molecule has 1 aromatic rings. The fourth-order valence-corrected chi connectivity index (χ4v) is 1.87. The summed E-state index contributed by atoms with van der Waals surface area (Å²) in [4.78, 5) is 0. The van der Waals surface area contributed by atoms with Crippen LogP contribution in [0, 0.1) is 0 Å². The molecule has 0 aliphatic heterocycles. The molecule has 0 saturated carbocycles. The highest BCUT2D eigenvalue weighted by atomic mass is 79.9. The van der Waals surface area contributed by atoms with Crippen LogP contribution in [0.1, 0.15) is 32.3 Å². The highest BCUT2D eigenvalue weighted by Gasteiger charge is 2.35. The average Bonchev–Trinajstić information content (AvgIpc) is 2.34. The minimum Gasteiger partial charge on any atom is -0.491 e. The maximum atomic E-state index is 12.8. The second kappa shape index (κ2) is 6.13. The molecule has 0 aromatic heterocycles. The van der Waals surface area contributed by atoms with Crippen molar-refractivity contribution < 1.29 is 17.9 Å². The van der Waals surface area contributed by atoms with Crippen LogP contribution in [0.3, 0.4) is 0 Å².